The summed E-state index contributed by atoms with van der Waals surface area (Å²) in [5.74, 6) is 1.03. The van der Waals surface area contributed by atoms with Gasteiger partial charge in [0.15, 0.2) is 11.5 Å². The van der Waals surface area contributed by atoms with Gasteiger partial charge in [-0.25, -0.2) is 9.36 Å². The molecule has 4 rings (SSSR count). The molecule has 0 unspecified atom stereocenters. The van der Waals surface area contributed by atoms with Crippen molar-refractivity contribution in [2.45, 2.75) is 6.54 Å². The first-order valence-electron chi connectivity index (χ1n) is 9.78. The van der Waals surface area contributed by atoms with Crippen LogP contribution in [0.4, 0.5) is 0 Å². The van der Waals surface area contributed by atoms with Crippen LogP contribution in [0.3, 0.4) is 0 Å². The number of halogens is 1. The second-order valence-corrected chi connectivity index (χ2v) is 7.41. The molecular formula is C24H21ClN2O5. The zero-order chi connectivity index (χ0) is 22.8. The van der Waals surface area contributed by atoms with Gasteiger partial charge in [-0.3, -0.25) is 9.36 Å². The molecule has 1 aromatic heterocycles. The van der Waals surface area contributed by atoms with Crippen molar-refractivity contribution in [3.63, 3.8) is 0 Å². The molecular weight excluding hydrogens is 432 g/mol. The van der Waals surface area contributed by atoms with Gasteiger partial charge in [0.05, 0.1) is 44.5 Å². The number of benzene rings is 3. The summed E-state index contributed by atoms with van der Waals surface area (Å²) in [6, 6.07) is 17.4. The average Bonchev–Trinajstić information content (AvgIpc) is 2.82. The summed E-state index contributed by atoms with van der Waals surface area (Å²) >= 11 is 6.35. The summed E-state index contributed by atoms with van der Waals surface area (Å²) in [5.41, 5.74) is 0.619. The third-order valence-electron chi connectivity index (χ3n) is 5.24. The molecule has 0 saturated heterocycles. The van der Waals surface area contributed by atoms with Crippen LogP contribution in [0.1, 0.15) is 5.56 Å². The normalized spacial score (nSPS) is 10.9. The molecule has 0 aliphatic carbocycles. The second kappa shape index (κ2) is 8.80. The Morgan fingerprint density at radius 2 is 1.47 bits per heavy atom. The van der Waals surface area contributed by atoms with E-state index in [2.05, 4.69) is 0 Å². The summed E-state index contributed by atoms with van der Waals surface area (Å²) in [7, 11) is 4.43. The molecule has 0 radical (unpaired) electrons. The van der Waals surface area contributed by atoms with E-state index in [0.29, 0.717) is 38.9 Å². The SMILES string of the molecule is COc1cc(-n2c(=O)c3ccccc3n(Cc3ccccc3Cl)c2=O)cc(OC)c1OC. The Morgan fingerprint density at radius 1 is 0.844 bits per heavy atom. The van der Waals surface area contributed by atoms with Crippen LogP contribution in [0.15, 0.2) is 70.3 Å². The van der Waals surface area contributed by atoms with Gasteiger partial charge < -0.3 is 14.2 Å². The number of ether oxygens (including phenoxy) is 3. The first-order chi connectivity index (χ1) is 15.5. The molecule has 0 atom stereocenters. The lowest BCUT2D eigenvalue weighted by molar-refractivity contribution is 0.324. The molecule has 0 bridgehead atoms. The number of methoxy groups -OCH3 is 3. The predicted octanol–water partition coefficient (Wildman–Crippen LogP) is 3.88. The fourth-order valence-corrected chi connectivity index (χ4v) is 3.89. The largest absolute Gasteiger partial charge is 0.493 e. The van der Waals surface area contributed by atoms with E-state index in [1.165, 1.54) is 25.9 Å². The molecule has 8 heteroatoms. The van der Waals surface area contributed by atoms with Crippen molar-refractivity contribution in [1.29, 1.82) is 0 Å². The van der Waals surface area contributed by atoms with Crippen LogP contribution in [0.2, 0.25) is 5.02 Å². The van der Waals surface area contributed by atoms with Crippen LogP contribution in [0.25, 0.3) is 16.6 Å². The van der Waals surface area contributed by atoms with Crippen LogP contribution in [0, 0.1) is 0 Å². The van der Waals surface area contributed by atoms with Crippen LogP contribution in [-0.2, 0) is 6.54 Å². The lowest BCUT2D eigenvalue weighted by Crippen LogP contribution is -2.39. The van der Waals surface area contributed by atoms with E-state index in [9.17, 15) is 9.59 Å². The fraction of sp³-hybridized carbons (Fsp3) is 0.167. The van der Waals surface area contributed by atoms with Crippen molar-refractivity contribution >= 4 is 22.5 Å². The Balaban J connectivity index is 2.05. The van der Waals surface area contributed by atoms with E-state index in [4.69, 9.17) is 25.8 Å². The highest BCUT2D eigenvalue weighted by atomic mass is 35.5. The molecule has 4 aromatic rings. The van der Waals surface area contributed by atoms with Crippen LogP contribution in [0.5, 0.6) is 17.2 Å². The quantitative estimate of drug-likeness (QED) is 0.444. The summed E-state index contributed by atoms with van der Waals surface area (Å²) in [5, 5.41) is 0.932. The molecule has 3 aromatic carbocycles. The van der Waals surface area contributed by atoms with E-state index >= 15 is 0 Å². The standard InChI is InChI=1S/C24H21ClN2O5/c1-30-20-12-16(13-21(31-2)22(20)32-3)27-23(28)17-9-5-7-11-19(17)26(24(27)29)14-15-8-4-6-10-18(15)25/h4-13H,14H2,1-3H3. The predicted molar refractivity (Wildman–Crippen MR) is 124 cm³/mol. The van der Waals surface area contributed by atoms with Gasteiger partial charge >= 0.3 is 5.69 Å². The van der Waals surface area contributed by atoms with Crippen molar-refractivity contribution in [2.24, 2.45) is 0 Å². The summed E-state index contributed by atoms with van der Waals surface area (Å²) in [4.78, 5) is 27.0. The third kappa shape index (κ3) is 3.61. The number of hydrogen-bond donors (Lipinski definition) is 0. The molecule has 0 spiro atoms. The minimum atomic E-state index is -0.511. The van der Waals surface area contributed by atoms with Crippen LogP contribution in [-0.4, -0.2) is 30.5 Å². The molecule has 0 saturated carbocycles. The van der Waals surface area contributed by atoms with Gasteiger partial charge in [0.25, 0.3) is 5.56 Å². The number of para-hydroxylation sites is 1. The van der Waals surface area contributed by atoms with Crippen molar-refractivity contribution in [2.75, 3.05) is 21.3 Å². The van der Waals surface area contributed by atoms with Gasteiger partial charge in [0.1, 0.15) is 0 Å². The van der Waals surface area contributed by atoms with Crippen molar-refractivity contribution in [3.8, 4) is 22.9 Å². The first kappa shape index (κ1) is 21.5. The van der Waals surface area contributed by atoms with Crippen molar-refractivity contribution in [1.82, 2.24) is 9.13 Å². The Morgan fingerprint density at radius 3 is 2.09 bits per heavy atom. The molecule has 0 fully saturated rings. The van der Waals surface area contributed by atoms with Crippen LogP contribution < -0.4 is 25.5 Å². The molecule has 164 valence electrons. The molecule has 0 N–H and O–H groups in total. The third-order valence-corrected chi connectivity index (χ3v) is 5.61. The number of fused-ring (bicyclic) bond motifs is 1. The topological polar surface area (TPSA) is 71.7 Å². The molecule has 7 nitrogen and oxygen atoms in total. The Kier molecular flexibility index (Phi) is 5.92. The first-order valence-corrected chi connectivity index (χ1v) is 10.2. The number of hydrogen-bond acceptors (Lipinski definition) is 5. The van der Waals surface area contributed by atoms with Crippen LogP contribution >= 0.6 is 11.6 Å². The Bertz CT molecular complexity index is 1400. The van der Waals surface area contributed by atoms with E-state index in [1.54, 1.807) is 42.5 Å². The van der Waals surface area contributed by atoms with E-state index in [0.717, 1.165) is 10.1 Å². The lowest BCUT2D eigenvalue weighted by Gasteiger charge is -2.17. The molecule has 0 aliphatic heterocycles. The Labute approximate surface area is 189 Å². The number of rotatable bonds is 6. The van der Waals surface area contributed by atoms with Gasteiger partial charge in [-0.15, -0.1) is 0 Å². The molecule has 1 heterocycles. The molecule has 0 aliphatic rings. The van der Waals surface area contributed by atoms with Gasteiger partial charge in [-0.05, 0) is 23.8 Å². The number of nitrogens with zero attached hydrogens (tertiary/aromatic N) is 2. The average molecular weight is 453 g/mol. The van der Waals surface area contributed by atoms with Crippen molar-refractivity contribution in [3.05, 3.63) is 92.1 Å². The second-order valence-electron chi connectivity index (χ2n) is 7.00. The molecule has 32 heavy (non-hydrogen) atoms. The molecule has 0 amide bonds. The summed E-state index contributed by atoms with van der Waals surface area (Å²) < 4.78 is 18.8. The van der Waals surface area contributed by atoms with Crippen molar-refractivity contribution < 1.29 is 14.2 Å². The summed E-state index contributed by atoms with van der Waals surface area (Å²) in [6.45, 7) is 0.198. The minimum absolute atomic E-state index is 0.198. The van der Waals surface area contributed by atoms with Gasteiger partial charge in [0, 0.05) is 17.2 Å². The zero-order valence-electron chi connectivity index (χ0n) is 17.8. The fourth-order valence-electron chi connectivity index (χ4n) is 3.69. The highest BCUT2D eigenvalue weighted by molar-refractivity contribution is 6.31. The number of aromatic nitrogens is 2. The van der Waals surface area contributed by atoms with E-state index < -0.39 is 11.2 Å². The van der Waals surface area contributed by atoms with Gasteiger partial charge in [0.2, 0.25) is 5.75 Å². The zero-order valence-corrected chi connectivity index (χ0v) is 18.6. The minimum Gasteiger partial charge on any atom is -0.493 e. The smallest absolute Gasteiger partial charge is 0.336 e. The van der Waals surface area contributed by atoms with Gasteiger partial charge in [-0.2, -0.15) is 0 Å². The maximum absolute atomic E-state index is 13.6. The van der Waals surface area contributed by atoms with E-state index in [-0.39, 0.29) is 6.54 Å². The highest BCUT2D eigenvalue weighted by Crippen LogP contribution is 2.38. The Hall–Kier alpha value is -3.71. The highest BCUT2D eigenvalue weighted by Gasteiger charge is 2.19. The monoisotopic (exact) mass is 452 g/mol. The summed E-state index contributed by atoms with van der Waals surface area (Å²) in [6.07, 6.45) is 0. The van der Waals surface area contributed by atoms with E-state index in [1.807, 2.05) is 18.2 Å². The maximum Gasteiger partial charge on any atom is 0.336 e. The lowest BCUT2D eigenvalue weighted by atomic mass is 10.2. The van der Waals surface area contributed by atoms with Gasteiger partial charge in [-0.1, -0.05) is 41.9 Å². The maximum atomic E-state index is 13.6.